The van der Waals surface area contributed by atoms with Crippen LogP contribution in [0.3, 0.4) is 0 Å². The van der Waals surface area contributed by atoms with E-state index in [0.717, 1.165) is 0 Å². The molecule has 0 aliphatic rings. The minimum Gasteiger partial charge on any atom is -0.0620 e. The molecule has 0 fully saturated rings. The molecule has 0 N–H and O–H groups in total. The van der Waals surface area contributed by atoms with Crippen molar-refractivity contribution in [1.29, 1.82) is 0 Å². The SMILES string of the molecule is Cc1ccccc1-c1ccc(-c2cccc(C)c2C)c(C)c1. The third kappa shape index (κ3) is 2.57. The number of hydrogen-bond donors (Lipinski definition) is 0. The second kappa shape index (κ2) is 5.81. The molecule has 0 aromatic heterocycles. The van der Waals surface area contributed by atoms with Gasteiger partial charge in [0, 0.05) is 0 Å². The van der Waals surface area contributed by atoms with Gasteiger partial charge in [-0.3, -0.25) is 0 Å². The van der Waals surface area contributed by atoms with Gasteiger partial charge in [-0.05, 0) is 72.2 Å². The Morgan fingerprint density at radius 2 is 1.18 bits per heavy atom. The molecular weight excluding hydrogens is 264 g/mol. The largest absolute Gasteiger partial charge is 0.0620 e. The average molecular weight is 286 g/mol. The fourth-order valence-electron chi connectivity index (χ4n) is 3.07. The molecule has 22 heavy (non-hydrogen) atoms. The Kier molecular flexibility index (Phi) is 3.85. The second-order valence-electron chi connectivity index (χ2n) is 6.09. The summed E-state index contributed by atoms with van der Waals surface area (Å²) in [6.45, 7) is 8.76. The summed E-state index contributed by atoms with van der Waals surface area (Å²) in [5.41, 5.74) is 10.7. The van der Waals surface area contributed by atoms with Crippen LogP contribution in [0.4, 0.5) is 0 Å². The molecule has 0 unspecified atom stereocenters. The van der Waals surface area contributed by atoms with Gasteiger partial charge in [-0.15, -0.1) is 0 Å². The summed E-state index contributed by atoms with van der Waals surface area (Å²) in [4.78, 5) is 0. The summed E-state index contributed by atoms with van der Waals surface area (Å²) < 4.78 is 0. The van der Waals surface area contributed by atoms with Gasteiger partial charge in [-0.25, -0.2) is 0 Å². The lowest BCUT2D eigenvalue weighted by Crippen LogP contribution is -1.91. The van der Waals surface area contributed by atoms with Crippen LogP contribution in [0, 0.1) is 27.7 Å². The smallest absolute Gasteiger partial charge is 0.0149 e. The van der Waals surface area contributed by atoms with E-state index < -0.39 is 0 Å². The Labute approximate surface area is 133 Å². The first-order valence-corrected chi connectivity index (χ1v) is 7.81. The first kappa shape index (κ1) is 14.6. The third-order valence-corrected chi connectivity index (χ3v) is 4.58. The molecule has 0 heteroatoms. The zero-order valence-electron chi connectivity index (χ0n) is 13.8. The van der Waals surface area contributed by atoms with E-state index in [2.05, 4.69) is 88.4 Å². The van der Waals surface area contributed by atoms with Gasteiger partial charge in [-0.1, -0.05) is 60.7 Å². The molecule has 0 radical (unpaired) electrons. The van der Waals surface area contributed by atoms with E-state index in [9.17, 15) is 0 Å². The summed E-state index contributed by atoms with van der Waals surface area (Å²) in [5, 5.41) is 0. The Morgan fingerprint density at radius 1 is 0.500 bits per heavy atom. The minimum atomic E-state index is 1.30. The van der Waals surface area contributed by atoms with Crippen LogP contribution in [0.2, 0.25) is 0 Å². The van der Waals surface area contributed by atoms with Gasteiger partial charge in [0.15, 0.2) is 0 Å². The molecule has 0 bridgehead atoms. The van der Waals surface area contributed by atoms with Gasteiger partial charge >= 0.3 is 0 Å². The highest BCUT2D eigenvalue weighted by Crippen LogP contribution is 2.32. The lowest BCUT2D eigenvalue weighted by Gasteiger charge is -2.14. The molecule has 0 saturated carbocycles. The number of hydrogen-bond acceptors (Lipinski definition) is 0. The fourth-order valence-corrected chi connectivity index (χ4v) is 3.07. The second-order valence-corrected chi connectivity index (χ2v) is 6.09. The van der Waals surface area contributed by atoms with Crippen LogP contribution < -0.4 is 0 Å². The predicted molar refractivity (Wildman–Crippen MR) is 96.3 cm³/mol. The van der Waals surface area contributed by atoms with Crippen molar-refractivity contribution in [2.45, 2.75) is 27.7 Å². The van der Waals surface area contributed by atoms with E-state index in [4.69, 9.17) is 0 Å². The van der Waals surface area contributed by atoms with Crippen molar-refractivity contribution in [2.24, 2.45) is 0 Å². The van der Waals surface area contributed by atoms with Crippen LogP contribution in [0.1, 0.15) is 22.3 Å². The number of aryl methyl sites for hydroxylation is 3. The molecule has 0 aliphatic heterocycles. The lowest BCUT2D eigenvalue weighted by atomic mass is 9.91. The molecule has 0 amide bonds. The van der Waals surface area contributed by atoms with E-state index in [-0.39, 0.29) is 0 Å². The molecule has 0 heterocycles. The van der Waals surface area contributed by atoms with E-state index >= 15 is 0 Å². The molecule has 0 aliphatic carbocycles. The summed E-state index contributed by atoms with van der Waals surface area (Å²) in [6, 6.07) is 21.9. The van der Waals surface area contributed by atoms with E-state index in [1.165, 1.54) is 44.5 Å². The Balaban J connectivity index is 2.11. The van der Waals surface area contributed by atoms with Crippen molar-refractivity contribution in [2.75, 3.05) is 0 Å². The van der Waals surface area contributed by atoms with Gasteiger partial charge in [0.05, 0.1) is 0 Å². The van der Waals surface area contributed by atoms with Gasteiger partial charge in [-0.2, -0.15) is 0 Å². The van der Waals surface area contributed by atoms with Crippen molar-refractivity contribution in [3.63, 3.8) is 0 Å². The molecule has 0 spiro atoms. The van der Waals surface area contributed by atoms with E-state index in [1.807, 2.05) is 0 Å². The Bertz CT molecular complexity index is 825. The monoisotopic (exact) mass is 286 g/mol. The van der Waals surface area contributed by atoms with Gasteiger partial charge < -0.3 is 0 Å². The normalized spacial score (nSPS) is 10.7. The van der Waals surface area contributed by atoms with Crippen molar-refractivity contribution in [1.82, 2.24) is 0 Å². The average Bonchev–Trinajstić information content (AvgIpc) is 2.51. The van der Waals surface area contributed by atoms with Crippen LogP contribution in [0.25, 0.3) is 22.3 Å². The molecule has 0 atom stereocenters. The number of benzene rings is 3. The number of rotatable bonds is 2. The van der Waals surface area contributed by atoms with Crippen molar-refractivity contribution in [3.05, 3.63) is 82.9 Å². The third-order valence-electron chi connectivity index (χ3n) is 4.58. The standard InChI is InChI=1S/C22H22/c1-15-9-7-11-22(18(15)4)21-13-12-19(14-17(21)3)20-10-6-5-8-16(20)2/h5-14H,1-4H3. The quantitative estimate of drug-likeness (QED) is 0.522. The highest BCUT2D eigenvalue weighted by Gasteiger charge is 2.08. The zero-order chi connectivity index (χ0) is 15.7. The predicted octanol–water partition coefficient (Wildman–Crippen LogP) is 6.25. The van der Waals surface area contributed by atoms with Crippen LogP contribution in [-0.2, 0) is 0 Å². The van der Waals surface area contributed by atoms with Crippen LogP contribution in [0.5, 0.6) is 0 Å². The summed E-state index contributed by atoms with van der Waals surface area (Å²) in [7, 11) is 0. The zero-order valence-corrected chi connectivity index (χ0v) is 13.8. The lowest BCUT2D eigenvalue weighted by molar-refractivity contribution is 1.33. The van der Waals surface area contributed by atoms with Gasteiger partial charge in [0.1, 0.15) is 0 Å². The first-order chi connectivity index (χ1) is 10.6. The van der Waals surface area contributed by atoms with Crippen molar-refractivity contribution >= 4 is 0 Å². The topological polar surface area (TPSA) is 0 Å². The van der Waals surface area contributed by atoms with Gasteiger partial charge in [0.25, 0.3) is 0 Å². The summed E-state index contributed by atoms with van der Waals surface area (Å²) >= 11 is 0. The maximum Gasteiger partial charge on any atom is -0.0149 e. The molecule has 3 aromatic carbocycles. The van der Waals surface area contributed by atoms with Crippen molar-refractivity contribution < 1.29 is 0 Å². The molecule has 0 saturated heterocycles. The molecule has 3 aromatic rings. The maximum atomic E-state index is 2.30. The van der Waals surface area contributed by atoms with Gasteiger partial charge in [0.2, 0.25) is 0 Å². The van der Waals surface area contributed by atoms with E-state index in [0.29, 0.717) is 0 Å². The van der Waals surface area contributed by atoms with E-state index in [1.54, 1.807) is 0 Å². The molecular formula is C22H22. The van der Waals surface area contributed by atoms with Crippen molar-refractivity contribution in [3.8, 4) is 22.3 Å². The minimum absolute atomic E-state index is 1.30. The Hall–Kier alpha value is -2.34. The summed E-state index contributed by atoms with van der Waals surface area (Å²) in [5.74, 6) is 0. The highest BCUT2D eigenvalue weighted by molar-refractivity contribution is 5.76. The first-order valence-electron chi connectivity index (χ1n) is 7.81. The van der Waals surface area contributed by atoms with Crippen LogP contribution >= 0.6 is 0 Å². The molecule has 0 nitrogen and oxygen atoms in total. The molecule has 110 valence electrons. The maximum absolute atomic E-state index is 2.30. The fraction of sp³-hybridized carbons (Fsp3) is 0.182. The van der Waals surface area contributed by atoms with Crippen LogP contribution in [0.15, 0.2) is 60.7 Å². The van der Waals surface area contributed by atoms with Crippen LogP contribution in [-0.4, -0.2) is 0 Å². The Morgan fingerprint density at radius 3 is 1.91 bits per heavy atom. The molecule has 3 rings (SSSR count). The highest BCUT2D eigenvalue weighted by atomic mass is 14.1. The summed E-state index contributed by atoms with van der Waals surface area (Å²) in [6.07, 6.45) is 0.